The summed E-state index contributed by atoms with van der Waals surface area (Å²) in [5.41, 5.74) is 0.264. The van der Waals surface area contributed by atoms with Gasteiger partial charge in [0.05, 0.1) is 35.8 Å². The fourth-order valence-corrected chi connectivity index (χ4v) is 4.84. The molecule has 0 radical (unpaired) electrons. The van der Waals surface area contributed by atoms with E-state index in [4.69, 9.17) is 0 Å². The molecule has 0 bridgehead atoms. The average Bonchev–Trinajstić information content (AvgIpc) is 2.86. The summed E-state index contributed by atoms with van der Waals surface area (Å²) in [5.74, 6) is -2.01. The van der Waals surface area contributed by atoms with E-state index in [1.54, 1.807) is 38.2 Å². The summed E-state index contributed by atoms with van der Waals surface area (Å²) in [4.78, 5) is 30.7. The largest absolute Gasteiger partial charge is 0.392 e. The first-order valence-electron chi connectivity index (χ1n) is 13.6. The van der Waals surface area contributed by atoms with E-state index < -0.39 is 41.3 Å². The highest BCUT2D eigenvalue weighted by molar-refractivity contribution is 5.88. The molecule has 1 amide bonds. The smallest absolute Gasteiger partial charge is 0.223 e. The molecule has 5 atom stereocenters. The summed E-state index contributed by atoms with van der Waals surface area (Å²) in [6, 6.07) is 4.27. The lowest BCUT2D eigenvalue weighted by atomic mass is 9.71. The second-order valence-corrected chi connectivity index (χ2v) is 11.1. The lowest BCUT2D eigenvalue weighted by Gasteiger charge is -2.36. The molecular weight excluding hydrogens is 471 g/mol. The van der Waals surface area contributed by atoms with E-state index in [2.05, 4.69) is 10.3 Å². The van der Waals surface area contributed by atoms with E-state index in [1.807, 2.05) is 26.8 Å². The zero-order valence-corrected chi connectivity index (χ0v) is 23.0. The molecular formula is C30H45FN2O4. The Bertz CT molecular complexity index is 944. The molecule has 0 saturated carbocycles. The Morgan fingerprint density at radius 1 is 1.27 bits per heavy atom. The number of aromatic nitrogens is 1. The van der Waals surface area contributed by atoms with Crippen molar-refractivity contribution in [2.75, 3.05) is 0 Å². The van der Waals surface area contributed by atoms with Crippen molar-refractivity contribution in [3.05, 3.63) is 47.6 Å². The molecule has 1 aromatic rings. The number of nitrogens with zero attached hydrogens (tertiary/aromatic N) is 1. The van der Waals surface area contributed by atoms with Crippen LogP contribution in [-0.4, -0.2) is 45.1 Å². The van der Waals surface area contributed by atoms with Crippen LogP contribution in [0.25, 0.3) is 6.08 Å². The second kappa shape index (κ2) is 14.5. The lowest BCUT2D eigenvalue weighted by Crippen LogP contribution is -2.48. The van der Waals surface area contributed by atoms with Gasteiger partial charge in [0.25, 0.3) is 0 Å². The third-order valence-corrected chi connectivity index (χ3v) is 7.62. The summed E-state index contributed by atoms with van der Waals surface area (Å²) >= 11 is 0. The first-order chi connectivity index (χ1) is 17.5. The number of hydrogen-bond donors (Lipinski definition) is 3. The standard InChI is InChI=1S/C30H45FN2O4/c1-6-7-14-23-28(36)21(3)12-10-11-20(2)15-16-25(24(31)18-22-13-8-9-17-32-22)33-27(35)19-26(34)30(4,5)29(23)37/h8-9,13,15,17-18,21,23,25-26,28,34,36H,6-7,10-12,14,16,19H2,1-5H3,(H,33,35)/b20-15-,24-18-/t21-,23+,25-,26-,28-/m0/s1. The molecule has 1 aliphatic rings. The van der Waals surface area contributed by atoms with E-state index in [0.717, 1.165) is 37.7 Å². The van der Waals surface area contributed by atoms with Crippen molar-refractivity contribution in [1.82, 2.24) is 10.3 Å². The van der Waals surface area contributed by atoms with Crippen LogP contribution in [0.4, 0.5) is 4.39 Å². The number of ketones is 1. The van der Waals surface area contributed by atoms with E-state index >= 15 is 4.39 Å². The minimum absolute atomic E-state index is 0.0887. The van der Waals surface area contributed by atoms with Gasteiger partial charge in [-0.3, -0.25) is 14.6 Å². The maximum Gasteiger partial charge on any atom is 0.223 e. The Labute approximate surface area is 221 Å². The van der Waals surface area contributed by atoms with Crippen LogP contribution in [0.1, 0.15) is 91.7 Å². The Hall–Kier alpha value is -2.38. The van der Waals surface area contributed by atoms with E-state index in [9.17, 15) is 19.8 Å². The van der Waals surface area contributed by atoms with Gasteiger partial charge >= 0.3 is 0 Å². The molecule has 1 aliphatic heterocycles. The topological polar surface area (TPSA) is 99.5 Å². The molecule has 0 fully saturated rings. The summed E-state index contributed by atoms with van der Waals surface area (Å²) in [7, 11) is 0. The van der Waals surface area contributed by atoms with Crippen LogP contribution in [0.15, 0.2) is 41.9 Å². The van der Waals surface area contributed by atoms with Crippen molar-refractivity contribution in [3.8, 4) is 0 Å². The number of carbonyl (C=O) groups is 2. The minimum atomic E-state index is -1.28. The van der Waals surface area contributed by atoms with Crippen molar-refractivity contribution in [2.24, 2.45) is 17.3 Å². The normalized spacial score (nSPS) is 30.3. The van der Waals surface area contributed by atoms with Crippen LogP contribution in [0, 0.1) is 17.3 Å². The third-order valence-electron chi connectivity index (χ3n) is 7.62. The Morgan fingerprint density at radius 3 is 2.65 bits per heavy atom. The molecule has 0 saturated heterocycles. The number of aliphatic hydroxyl groups excluding tert-OH is 2. The van der Waals surface area contributed by atoms with Gasteiger partial charge in [-0.2, -0.15) is 0 Å². The quantitative estimate of drug-likeness (QED) is 0.446. The Morgan fingerprint density at radius 2 is 2.00 bits per heavy atom. The fraction of sp³-hybridized carbons (Fsp3) is 0.633. The maximum atomic E-state index is 15.3. The Kier molecular flexibility index (Phi) is 12.1. The van der Waals surface area contributed by atoms with Crippen molar-refractivity contribution >= 4 is 17.8 Å². The molecule has 7 heteroatoms. The number of aliphatic hydroxyl groups is 2. The number of Topliss-reactive ketones (excluding diaryl/α,β-unsaturated/α-hetero) is 1. The molecule has 6 nitrogen and oxygen atoms in total. The number of unbranched alkanes of at least 4 members (excludes halogenated alkanes) is 1. The van der Waals surface area contributed by atoms with Crippen molar-refractivity contribution in [3.63, 3.8) is 0 Å². The molecule has 2 heterocycles. The van der Waals surface area contributed by atoms with Gasteiger partial charge in [-0.05, 0) is 63.2 Å². The highest BCUT2D eigenvalue weighted by Crippen LogP contribution is 2.34. The molecule has 0 aliphatic carbocycles. The highest BCUT2D eigenvalue weighted by Gasteiger charge is 2.43. The lowest BCUT2D eigenvalue weighted by molar-refractivity contribution is -0.144. The summed E-state index contributed by atoms with van der Waals surface area (Å²) in [5, 5.41) is 24.8. The van der Waals surface area contributed by atoms with Crippen LogP contribution >= 0.6 is 0 Å². The highest BCUT2D eigenvalue weighted by atomic mass is 19.1. The van der Waals surface area contributed by atoms with Crippen LogP contribution in [0.5, 0.6) is 0 Å². The van der Waals surface area contributed by atoms with E-state index in [0.29, 0.717) is 12.1 Å². The van der Waals surface area contributed by atoms with E-state index in [-0.39, 0.29) is 24.5 Å². The summed E-state index contributed by atoms with van der Waals surface area (Å²) in [6.45, 7) is 9.22. The van der Waals surface area contributed by atoms with Crippen molar-refractivity contribution in [1.29, 1.82) is 0 Å². The first kappa shape index (κ1) is 30.8. The molecule has 0 aromatic carbocycles. The second-order valence-electron chi connectivity index (χ2n) is 11.1. The van der Waals surface area contributed by atoms with Gasteiger partial charge in [0, 0.05) is 12.1 Å². The number of rotatable bonds is 5. The van der Waals surface area contributed by atoms with Crippen LogP contribution in [0.3, 0.4) is 0 Å². The molecule has 3 N–H and O–H groups in total. The first-order valence-corrected chi connectivity index (χ1v) is 13.6. The summed E-state index contributed by atoms with van der Waals surface area (Å²) in [6.07, 6.45) is 7.18. The number of carbonyl (C=O) groups excluding carboxylic acids is 2. The van der Waals surface area contributed by atoms with Gasteiger partial charge in [-0.15, -0.1) is 0 Å². The average molecular weight is 517 g/mol. The van der Waals surface area contributed by atoms with Gasteiger partial charge in [0.15, 0.2) is 0 Å². The molecule has 37 heavy (non-hydrogen) atoms. The fourth-order valence-electron chi connectivity index (χ4n) is 4.84. The van der Waals surface area contributed by atoms with Crippen LogP contribution in [-0.2, 0) is 9.59 Å². The molecule has 1 aromatic heterocycles. The van der Waals surface area contributed by atoms with Crippen molar-refractivity contribution in [2.45, 2.75) is 104 Å². The summed E-state index contributed by atoms with van der Waals surface area (Å²) < 4.78 is 15.3. The molecule has 2 rings (SSSR count). The SMILES string of the molecule is CCCC[C@H]1C(=O)C(C)(C)[C@@H](O)CC(=O)N[C@H](/C(F)=C/c2ccccn2)C/C=C(/C)CCC[C@H](C)[C@@H]1O. The minimum Gasteiger partial charge on any atom is -0.392 e. The number of amides is 1. The van der Waals surface area contributed by atoms with Gasteiger partial charge in [0.1, 0.15) is 11.6 Å². The van der Waals surface area contributed by atoms with Gasteiger partial charge in [-0.25, -0.2) is 4.39 Å². The predicted octanol–water partition coefficient (Wildman–Crippen LogP) is 5.55. The monoisotopic (exact) mass is 516 g/mol. The van der Waals surface area contributed by atoms with Gasteiger partial charge in [-0.1, -0.05) is 58.3 Å². The van der Waals surface area contributed by atoms with Gasteiger partial charge < -0.3 is 15.5 Å². The van der Waals surface area contributed by atoms with E-state index in [1.165, 1.54) is 6.08 Å². The number of nitrogens with one attached hydrogen (secondary N) is 1. The van der Waals surface area contributed by atoms with Crippen LogP contribution < -0.4 is 5.32 Å². The molecule has 0 spiro atoms. The molecule has 0 unspecified atom stereocenters. The third kappa shape index (κ3) is 9.15. The Balaban J connectivity index is 2.37. The van der Waals surface area contributed by atoms with Gasteiger partial charge in [0.2, 0.25) is 5.91 Å². The van der Waals surface area contributed by atoms with Crippen LogP contribution in [0.2, 0.25) is 0 Å². The maximum absolute atomic E-state index is 15.3. The number of pyridine rings is 1. The zero-order valence-electron chi connectivity index (χ0n) is 23.0. The zero-order chi connectivity index (χ0) is 27.6. The number of halogens is 1. The number of hydrogen-bond acceptors (Lipinski definition) is 5. The van der Waals surface area contributed by atoms with Crippen molar-refractivity contribution < 1.29 is 24.2 Å². The number of allylic oxidation sites excluding steroid dienone is 1. The molecule has 206 valence electrons. The predicted molar refractivity (Wildman–Crippen MR) is 145 cm³/mol.